The molecule has 0 radical (unpaired) electrons. The molecule has 0 heterocycles. The van der Waals surface area contributed by atoms with E-state index in [2.05, 4.69) is 20.7 Å². The van der Waals surface area contributed by atoms with Crippen LogP contribution in [0.2, 0.25) is 0 Å². The molecule has 21 heavy (non-hydrogen) atoms. The second-order valence-electron chi connectivity index (χ2n) is 4.61. The van der Waals surface area contributed by atoms with E-state index in [1.54, 1.807) is 30.3 Å². The zero-order valence-electron chi connectivity index (χ0n) is 11.0. The van der Waals surface area contributed by atoms with E-state index >= 15 is 0 Å². The summed E-state index contributed by atoms with van der Waals surface area (Å²) >= 11 is 3.43. The standard InChI is InChI=1S/C15H13BrF4O/c16-13(7-8-21-9-15(18,19)20)11-5-6-14(17)12-4-2-1-3-10(11)12/h1-6,13H,7-9H2. The van der Waals surface area contributed by atoms with Gasteiger partial charge in [-0.25, -0.2) is 4.39 Å². The fourth-order valence-electron chi connectivity index (χ4n) is 2.09. The molecule has 0 N–H and O–H groups in total. The second kappa shape index (κ2) is 6.75. The van der Waals surface area contributed by atoms with Crippen LogP contribution in [0.1, 0.15) is 16.8 Å². The molecule has 0 saturated heterocycles. The molecule has 2 aromatic carbocycles. The second-order valence-corrected chi connectivity index (χ2v) is 5.71. The lowest BCUT2D eigenvalue weighted by Crippen LogP contribution is -2.17. The lowest BCUT2D eigenvalue weighted by atomic mass is 10.0. The Labute approximate surface area is 128 Å². The molecule has 1 unspecified atom stereocenters. The Bertz CT molecular complexity index is 612. The van der Waals surface area contributed by atoms with Crippen LogP contribution in [0, 0.1) is 5.82 Å². The zero-order valence-corrected chi connectivity index (χ0v) is 12.5. The van der Waals surface area contributed by atoms with Gasteiger partial charge in [0.15, 0.2) is 0 Å². The maximum atomic E-state index is 13.7. The van der Waals surface area contributed by atoms with Gasteiger partial charge < -0.3 is 4.74 Å². The Kier molecular flexibility index (Phi) is 5.22. The first-order chi connectivity index (χ1) is 9.88. The van der Waals surface area contributed by atoms with Crippen LogP contribution >= 0.6 is 15.9 Å². The van der Waals surface area contributed by atoms with Crippen molar-refractivity contribution in [3.63, 3.8) is 0 Å². The van der Waals surface area contributed by atoms with E-state index in [4.69, 9.17) is 0 Å². The van der Waals surface area contributed by atoms with E-state index in [-0.39, 0.29) is 17.3 Å². The molecule has 0 aliphatic rings. The summed E-state index contributed by atoms with van der Waals surface area (Å²) in [5.41, 5.74) is 0.836. The molecule has 0 aliphatic heterocycles. The number of hydrogen-bond acceptors (Lipinski definition) is 1. The summed E-state index contributed by atoms with van der Waals surface area (Å²) in [7, 11) is 0. The van der Waals surface area contributed by atoms with Gasteiger partial charge in [0.05, 0.1) is 0 Å². The summed E-state index contributed by atoms with van der Waals surface area (Å²) in [6, 6.07) is 10.0. The number of ether oxygens (including phenoxy) is 1. The highest BCUT2D eigenvalue weighted by atomic mass is 79.9. The van der Waals surface area contributed by atoms with Crippen molar-refractivity contribution in [3.05, 3.63) is 47.8 Å². The Hall–Kier alpha value is -1.14. The van der Waals surface area contributed by atoms with Crippen molar-refractivity contribution < 1.29 is 22.3 Å². The van der Waals surface area contributed by atoms with E-state index in [1.165, 1.54) is 6.07 Å². The normalized spacial score (nSPS) is 13.6. The molecule has 1 nitrogen and oxygen atoms in total. The third kappa shape index (κ3) is 4.41. The van der Waals surface area contributed by atoms with Crippen molar-refractivity contribution in [1.29, 1.82) is 0 Å². The lowest BCUT2D eigenvalue weighted by molar-refractivity contribution is -0.174. The largest absolute Gasteiger partial charge is 0.411 e. The minimum Gasteiger partial charge on any atom is -0.372 e. The van der Waals surface area contributed by atoms with Gasteiger partial charge in [-0.2, -0.15) is 13.2 Å². The topological polar surface area (TPSA) is 9.23 Å². The van der Waals surface area contributed by atoms with E-state index in [1.807, 2.05) is 0 Å². The van der Waals surface area contributed by atoms with Crippen molar-refractivity contribution in [3.8, 4) is 0 Å². The number of alkyl halides is 4. The van der Waals surface area contributed by atoms with Gasteiger partial charge in [-0.1, -0.05) is 46.3 Å². The van der Waals surface area contributed by atoms with Crippen LogP contribution in [0.15, 0.2) is 36.4 Å². The van der Waals surface area contributed by atoms with Crippen molar-refractivity contribution in [1.82, 2.24) is 0 Å². The van der Waals surface area contributed by atoms with Crippen LogP contribution in [-0.4, -0.2) is 19.4 Å². The van der Waals surface area contributed by atoms with E-state index < -0.39 is 12.8 Å². The molecule has 0 saturated carbocycles. The summed E-state index contributed by atoms with van der Waals surface area (Å²) in [5.74, 6) is -0.317. The van der Waals surface area contributed by atoms with Gasteiger partial charge in [0.2, 0.25) is 0 Å². The number of benzene rings is 2. The molecule has 0 aromatic heterocycles. The molecule has 0 spiro atoms. The van der Waals surface area contributed by atoms with Gasteiger partial charge >= 0.3 is 6.18 Å². The number of fused-ring (bicyclic) bond motifs is 1. The van der Waals surface area contributed by atoms with E-state index in [0.717, 1.165) is 10.9 Å². The Balaban J connectivity index is 2.06. The Morgan fingerprint density at radius 1 is 1.05 bits per heavy atom. The van der Waals surface area contributed by atoms with Gasteiger partial charge in [0.1, 0.15) is 12.4 Å². The van der Waals surface area contributed by atoms with E-state index in [0.29, 0.717) is 11.8 Å². The first-order valence-corrected chi connectivity index (χ1v) is 7.26. The van der Waals surface area contributed by atoms with Gasteiger partial charge in [0.25, 0.3) is 0 Å². The first-order valence-electron chi connectivity index (χ1n) is 6.34. The fraction of sp³-hybridized carbons (Fsp3) is 0.333. The molecule has 0 amide bonds. The Morgan fingerprint density at radius 3 is 2.38 bits per heavy atom. The molecule has 6 heteroatoms. The summed E-state index contributed by atoms with van der Waals surface area (Å²) in [4.78, 5) is -0.198. The minimum atomic E-state index is -4.32. The predicted molar refractivity (Wildman–Crippen MR) is 77.1 cm³/mol. The van der Waals surface area contributed by atoms with Crippen LogP contribution in [-0.2, 0) is 4.74 Å². The smallest absolute Gasteiger partial charge is 0.372 e. The third-order valence-electron chi connectivity index (χ3n) is 3.02. The van der Waals surface area contributed by atoms with Crippen molar-refractivity contribution in [2.45, 2.75) is 17.4 Å². The van der Waals surface area contributed by atoms with Crippen LogP contribution < -0.4 is 0 Å². The van der Waals surface area contributed by atoms with Gasteiger partial charge in [-0.05, 0) is 23.4 Å². The first kappa shape index (κ1) is 16.2. The fourth-order valence-corrected chi connectivity index (χ4v) is 2.68. The average molecular weight is 365 g/mol. The summed E-state index contributed by atoms with van der Waals surface area (Å²) in [5, 5.41) is 1.24. The van der Waals surface area contributed by atoms with Crippen LogP contribution in [0.5, 0.6) is 0 Å². The van der Waals surface area contributed by atoms with Gasteiger partial charge in [0, 0.05) is 16.8 Å². The highest BCUT2D eigenvalue weighted by molar-refractivity contribution is 9.09. The quantitative estimate of drug-likeness (QED) is 0.393. The maximum Gasteiger partial charge on any atom is 0.411 e. The molecule has 1 atom stereocenters. The third-order valence-corrected chi connectivity index (χ3v) is 3.97. The Morgan fingerprint density at radius 2 is 1.71 bits per heavy atom. The van der Waals surface area contributed by atoms with Crippen LogP contribution in [0.3, 0.4) is 0 Å². The molecular formula is C15H13BrF4O. The zero-order chi connectivity index (χ0) is 15.5. The minimum absolute atomic E-state index is 0.0267. The SMILES string of the molecule is Fc1ccc(C(Br)CCOCC(F)(F)F)c2ccccc12. The van der Waals surface area contributed by atoms with Gasteiger partial charge in [-0.3, -0.25) is 0 Å². The average Bonchev–Trinajstić information content (AvgIpc) is 2.43. The van der Waals surface area contributed by atoms with Crippen molar-refractivity contribution in [2.24, 2.45) is 0 Å². The number of halogens is 5. The van der Waals surface area contributed by atoms with Crippen molar-refractivity contribution in [2.75, 3.05) is 13.2 Å². The highest BCUT2D eigenvalue weighted by Gasteiger charge is 2.27. The molecule has 0 aliphatic carbocycles. The molecular weight excluding hydrogens is 352 g/mol. The molecule has 2 rings (SSSR count). The van der Waals surface area contributed by atoms with Crippen LogP contribution in [0.25, 0.3) is 10.8 Å². The number of hydrogen-bond donors (Lipinski definition) is 0. The molecule has 114 valence electrons. The number of rotatable bonds is 5. The monoisotopic (exact) mass is 364 g/mol. The van der Waals surface area contributed by atoms with Gasteiger partial charge in [-0.15, -0.1) is 0 Å². The van der Waals surface area contributed by atoms with Crippen LogP contribution in [0.4, 0.5) is 17.6 Å². The summed E-state index contributed by atoms with van der Waals surface area (Å²) < 4.78 is 54.2. The summed E-state index contributed by atoms with van der Waals surface area (Å²) in [6.45, 7) is -1.28. The highest BCUT2D eigenvalue weighted by Crippen LogP contribution is 2.33. The molecule has 0 bridgehead atoms. The lowest BCUT2D eigenvalue weighted by Gasteiger charge is -2.14. The molecule has 0 fully saturated rings. The van der Waals surface area contributed by atoms with Crippen molar-refractivity contribution >= 4 is 26.7 Å². The summed E-state index contributed by atoms with van der Waals surface area (Å²) in [6.07, 6.45) is -3.95. The maximum absolute atomic E-state index is 13.7. The predicted octanol–water partition coefficient (Wildman–Crippen LogP) is 5.38. The van der Waals surface area contributed by atoms with E-state index in [9.17, 15) is 17.6 Å². The molecule has 2 aromatic rings.